The molecule has 2 N–H and O–H groups in total. The molecule has 0 saturated carbocycles. The molecule has 0 aliphatic carbocycles. The lowest BCUT2D eigenvalue weighted by Crippen LogP contribution is -2.54. The van der Waals surface area contributed by atoms with Gasteiger partial charge in [-0.25, -0.2) is 32.7 Å². The zero-order chi connectivity index (χ0) is 51.5. The fourth-order valence-electron chi connectivity index (χ4n) is 7.43. The molecule has 0 fully saturated rings. The van der Waals surface area contributed by atoms with E-state index in [0.29, 0.717) is 55.1 Å². The number of anilines is 4. The molecule has 21 heteroatoms. The van der Waals surface area contributed by atoms with E-state index in [0.717, 1.165) is 66.2 Å². The number of hydrogen-bond donors (Lipinski definition) is 2. The van der Waals surface area contributed by atoms with Crippen LogP contribution in [0.2, 0.25) is 5.02 Å². The lowest BCUT2D eigenvalue weighted by Gasteiger charge is -2.35. The standard InChI is InChI=1S/C53H31ClF6N10O4/c54-39-13-9-35(22-40(39)55)69(52(72)66-34-8-16-49(41(56)21-34)73-37-11-14-43-45(24-37)67-47(28-63-43)30-4-2-18-61-26-30)70(51(71)65-33-7-1-6-32(20-33)53(58,59)60)36-10-17-50(42(57)23-36)74-38-12-15-44-46(25-38)68-48(29-64-44)31-5-3-19-62-27-31/h1-29H,(H,65,71)(H,66,72). The molecule has 10 aromatic rings. The summed E-state index contributed by atoms with van der Waals surface area (Å²) in [6.07, 6.45) is 4.81. The first-order chi connectivity index (χ1) is 35.7. The van der Waals surface area contributed by atoms with Crippen LogP contribution in [0.3, 0.4) is 0 Å². The summed E-state index contributed by atoms with van der Waals surface area (Å²) in [5.74, 6) is -3.46. The fraction of sp³-hybridized carbons (Fsp3) is 0.0189. The summed E-state index contributed by atoms with van der Waals surface area (Å²) in [5.41, 5.74) is 1.76. The highest BCUT2D eigenvalue weighted by molar-refractivity contribution is 6.30. The average molecular weight is 1020 g/mol. The number of halogens is 7. The molecular weight excluding hydrogens is 990 g/mol. The van der Waals surface area contributed by atoms with Gasteiger partial charge in [-0.05, 0) is 103 Å². The van der Waals surface area contributed by atoms with Gasteiger partial charge in [0.15, 0.2) is 23.1 Å². The number of benzene rings is 6. The van der Waals surface area contributed by atoms with Crippen LogP contribution in [-0.2, 0) is 6.18 Å². The van der Waals surface area contributed by atoms with Crippen LogP contribution in [0.15, 0.2) is 177 Å². The van der Waals surface area contributed by atoms with Crippen LogP contribution in [0.5, 0.6) is 23.0 Å². The Hall–Kier alpha value is -9.69. The number of carbonyl (C=O) groups is 2. The van der Waals surface area contributed by atoms with E-state index in [1.807, 2.05) is 6.07 Å². The topological polar surface area (TPSA) is 160 Å². The summed E-state index contributed by atoms with van der Waals surface area (Å²) in [5, 5.41) is 5.42. The number of ether oxygens (including phenoxy) is 2. The van der Waals surface area contributed by atoms with Gasteiger partial charge in [0.25, 0.3) is 0 Å². The SMILES string of the molecule is O=C(Nc1ccc(Oc2ccc3ncc(-c4cccnc4)nc3c2)c(F)c1)N(c1ccc(Cl)c(F)c1)N(C(=O)Nc1cccc(C(F)(F)F)c1)c1ccc(Oc2ccc3ncc(-c4cccnc4)nc3c2)c(F)c1. The molecule has 10 rings (SSSR count). The summed E-state index contributed by atoms with van der Waals surface area (Å²) in [6.45, 7) is 0. The molecule has 0 atom stereocenters. The highest BCUT2D eigenvalue weighted by Gasteiger charge is 2.34. The van der Waals surface area contributed by atoms with Crippen molar-refractivity contribution < 1.29 is 45.4 Å². The number of hydrazine groups is 1. The van der Waals surface area contributed by atoms with E-state index in [9.17, 15) is 22.8 Å². The highest BCUT2D eigenvalue weighted by atomic mass is 35.5. The number of hydrogen-bond acceptors (Lipinski definition) is 10. The number of aromatic nitrogens is 6. The van der Waals surface area contributed by atoms with E-state index < -0.39 is 58.3 Å². The Labute approximate surface area is 419 Å². The van der Waals surface area contributed by atoms with Crippen LogP contribution in [0.25, 0.3) is 44.6 Å². The molecule has 0 spiro atoms. The van der Waals surface area contributed by atoms with E-state index in [4.69, 9.17) is 21.1 Å². The second-order valence-corrected chi connectivity index (χ2v) is 16.3. The third kappa shape index (κ3) is 10.5. The average Bonchev–Trinajstić information content (AvgIpc) is 3.40. The summed E-state index contributed by atoms with van der Waals surface area (Å²) in [4.78, 5) is 55.5. The maximum Gasteiger partial charge on any atom is 0.416 e. The molecule has 4 heterocycles. The van der Waals surface area contributed by atoms with Gasteiger partial charge in [-0.15, -0.1) is 0 Å². The number of amides is 4. The van der Waals surface area contributed by atoms with Crippen molar-refractivity contribution in [3.05, 3.63) is 205 Å². The molecule has 6 aromatic carbocycles. The number of fused-ring (bicyclic) bond motifs is 2. The smallest absolute Gasteiger partial charge is 0.416 e. The quantitative estimate of drug-likeness (QED) is 0.0997. The number of nitrogens with one attached hydrogen (secondary N) is 2. The Bertz CT molecular complexity index is 3770. The molecule has 4 amide bonds. The molecule has 14 nitrogen and oxygen atoms in total. The maximum absolute atomic E-state index is 16.4. The normalized spacial score (nSPS) is 11.3. The van der Waals surface area contributed by atoms with Gasteiger partial charge >= 0.3 is 18.2 Å². The summed E-state index contributed by atoms with van der Waals surface area (Å²) >= 11 is 6.02. The van der Waals surface area contributed by atoms with E-state index in [1.165, 1.54) is 24.3 Å². The summed E-state index contributed by atoms with van der Waals surface area (Å²) in [7, 11) is 0. The second kappa shape index (κ2) is 20.2. The number of urea groups is 2. The molecule has 0 unspecified atom stereocenters. The minimum Gasteiger partial charge on any atom is -0.454 e. The molecule has 0 aliphatic heterocycles. The summed E-state index contributed by atoms with van der Waals surface area (Å²) in [6, 6.07) is 26.8. The third-order valence-electron chi connectivity index (χ3n) is 10.9. The van der Waals surface area contributed by atoms with E-state index >= 15 is 13.2 Å². The molecular formula is C53H31ClF6N10O4. The Morgan fingerprint density at radius 1 is 0.514 bits per heavy atom. The Morgan fingerprint density at radius 2 is 1.03 bits per heavy atom. The second-order valence-electron chi connectivity index (χ2n) is 15.9. The zero-order valence-electron chi connectivity index (χ0n) is 37.6. The van der Waals surface area contributed by atoms with E-state index in [-0.39, 0.29) is 33.7 Å². The number of alkyl halides is 3. The molecule has 366 valence electrons. The Morgan fingerprint density at radius 3 is 1.53 bits per heavy atom. The minimum atomic E-state index is -4.82. The van der Waals surface area contributed by atoms with Gasteiger partial charge in [0.05, 0.1) is 67.8 Å². The van der Waals surface area contributed by atoms with Crippen LogP contribution in [0.4, 0.5) is 58.7 Å². The Kier molecular flexibility index (Phi) is 13.1. The molecule has 0 aliphatic rings. The maximum atomic E-state index is 16.4. The first-order valence-electron chi connectivity index (χ1n) is 21.9. The predicted molar refractivity (Wildman–Crippen MR) is 264 cm³/mol. The van der Waals surface area contributed by atoms with Gasteiger partial charge in [0.2, 0.25) is 0 Å². The Balaban J connectivity index is 0.973. The van der Waals surface area contributed by atoms with Crippen molar-refractivity contribution in [2.45, 2.75) is 6.18 Å². The first-order valence-corrected chi connectivity index (χ1v) is 22.2. The first kappa shape index (κ1) is 48.0. The predicted octanol–water partition coefficient (Wildman–Crippen LogP) is 14.1. The number of pyridine rings is 2. The molecule has 4 aromatic heterocycles. The van der Waals surface area contributed by atoms with Crippen molar-refractivity contribution in [1.29, 1.82) is 0 Å². The number of rotatable bonds is 10. The van der Waals surface area contributed by atoms with E-state index in [1.54, 1.807) is 79.6 Å². The largest absolute Gasteiger partial charge is 0.454 e. The molecule has 0 bridgehead atoms. The third-order valence-corrected chi connectivity index (χ3v) is 11.2. The zero-order valence-corrected chi connectivity index (χ0v) is 38.4. The van der Waals surface area contributed by atoms with Gasteiger partial charge in [0.1, 0.15) is 17.3 Å². The van der Waals surface area contributed by atoms with Crippen LogP contribution in [-0.4, -0.2) is 42.0 Å². The molecule has 0 radical (unpaired) electrons. The number of nitrogens with zero attached hydrogens (tertiary/aromatic N) is 8. The van der Waals surface area contributed by atoms with Crippen molar-refractivity contribution in [3.8, 4) is 45.5 Å². The molecule has 0 saturated heterocycles. The number of carbonyl (C=O) groups excluding carboxylic acids is 2. The lowest BCUT2D eigenvalue weighted by atomic mass is 10.2. The van der Waals surface area contributed by atoms with Crippen LogP contribution in [0.1, 0.15) is 5.56 Å². The van der Waals surface area contributed by atoms with Gasteiger partial charge < -0.3 is 20.1 Å². The van der Waals surface area contributed by atoms with Crippen LogP contribution < -0.4 is 30.1 Å². The molecule has 74 heavy (non-hydrogen) atoms. The van der Waals surface area contributed by atoms with Crippen molar-refractivity contribution >= 4 is 68.5 Å². The van der Waals surface area contributed by atoms with Gasteiger partial charge in [0, 0.05) is 77.6 Å². The van der Waals surface area contributed by atoms with Crippen molar-refractivity contribution in [3.63, 3.8) is 0 Å². The van der Waals surface area contributed by atoms with Crippen molar-refractivity contribution in [2.75, 3.05) is 20.7 Å². The van der Waals surface area contributed by atoms with Gasteiger partial charge in [-0.3, -0.25) is 19.9 Å². The van der Waals surface area contributed by atoms with Crippen LogP contribution in [0, 0.1) is 17.5 Å². The highest BCUT2D eigenvalue weighted by Crippen LogP contribution is 2.36. The monoisotopic (exact) mass is 1020 g/mol. The fourth-order valence-corrected chi connectivity index (χ4v) is 7.54. The van der Waals surface area contributed by atoms with E-state index in [2.05, 4.69) is 40.5 Å². The van der Waals surface area contributed by atoms with Gasteiger partial charge in [-0.1, -0.05) is 17.7 Å². The minimum absolute atomic E-state index is 0.129. The summed E-state index contributed by atoms with van der Waals surface area (Å²) < 4.78 is 101. The van der Waals surface area contributed by atoms with Crippen molar-refractivity contribution in [2.24, 2.45) is 0 Å². The van der Waals surface area contributed by atoms with Crippen LogP contribution >= 0.6 is 11.6 Å². The lowest BCUT2D eigenvalue weighted by molar-refractivity contribution is -0.137. The van der Waals surface area contributed by atoms with Gasteiger partial charge in [-0.2, -0.15) is 23.2 Å². The van der Waals surface area contributed by atoms with Crippen molar-refractivity contribution in [1.82, 2.24) is 29.9 Å².